The topological polar surface area (TPSA) is 49.9 Å². The number of nitrogens with zero attached hydrogens (tertiary/aromatic N) is 2. The third-order valence-electron chi connectivity index (χ3n) is 4.47. The molecule has 130 valence electrons. The van der Waals surface area contributed by atoms with Crippen molar-refractivity contribution in [2.24, 2.45) is 0 Å². The van der Waals surface area contributed by atoms with E-state index >= 15 is 0 Å². The Hall–Kier alpha value is -1.95. The average Bonchev–Trinajstić information content (AvgIpc) is 2.76. The molecule has 1 atom stereocenters. The van der Waals surface area contributed by atoms with E-state index in [0.717, 1.165) is 22.6 Å². The molecule has 0 aliphatic carbocycles. The lowest BCUT2D eigenvalue weighted by Crippen LogP contribution is -2.50. The fourth-order valence-corrected chi connectivity index (χ4v) is 3.72. The van der Waals surface area contributed by atoms with E-state index in [0.29, 0.717) is 12.8 Å². The first kappa shape index (κ1) is 18.4. The molecule has 1 aromatic rings. The number of thiocarbonyl (C=S) groups is 1. The van der Waals surface area contributed by atoms with E-state index in [1.807, 2.05) is 49.9 Å². The molecule has 24 heavy (non-hydrogen) atoms. The minimum Gasteiger partial charge on any atom is -0.449 e. The maximum absolute atomic E-state index is 13.2. The SMILES string of the molecule is CCCC1(CC)C(=O)N(C(=O)OCC)C(=S)N1c1ccccc1C. The molecule has 2 rings (SSSR count). The molecule has 1 fully saturated rings. The smallest absolute Gasteiger partial charge is 0.423 e. The number of imide groups is 1. The Morgan fingerprint density at radius 2 is 1.92 bits per heavy atom. The van der Waals surface area contributed by atoms with Crippen molar-refractivity contribution in [1.82, 2.24) is 4.90 Å². The van der Waals surface area contributed by atoms with Crippen molar-refractivity contribution < 1.29 is 14.3 Å². The van der Waals surface area contributed by atoms with E-state index in [4.69, 9.17) is 17.0 Å². The third kappa shape index (κ3) is 2.79. The first-order chi connectivity index (χ1) is 11.4. The summed E-state index contributed by atoms with van der Waals surface area (Å²) in [4.78, 5) is 28.3. The summed E-state index contributed by atoms with van der Waals surface area (Å²) in [7, 11) is 0. The van der Waals surface area contributed by atoms with Gasteiger partial charge in [0, 0.05) is 5.69 Å². The minimum absolute atomic E-state index is 0.197. The van der Waals surface area contributed by atoms with Crippen LogP contribution in [0, 0.1) is 6.92 Å². The van der Waals surface area contributed by atoms with Crippen LogP contribution in [0.15, 0.2) is 24.3 Å². The largest absolute Gasteiger partial charge is 0.449 e. The predicted octanol–water partition coefficient (Wildman–Crippen LogP) is 4.03. The van der Waals surface area contributed by atoms with Crippen LogP contribution in [0.25, 0.3) is 0 Å². The molecule has 2 amide bonds. The van der Waals surface area contributed by atoms with Crippen LogP contribution in [-0.4, -0.2) is 34.2 Å². The van der Waals surface area contributed by atoms with E-state index in [9.17, 15) is 9.59 Å². The summed E-state index contributed by atoms with van der Waals surface area (Å²) in [6.45, 7) is 7.86. The van der Waals surface area contributed by atoms with Gasteiger partial charge in [-0.2, -0.15) is 4.90 Å². The first-order valence-electron chi connectivity index (χ1n) is 8.35. The van der Waals surface area contributed by atoms with Crippen LogP contribution in [0.5, 0.6) is 0 Å². The van der Waals surface area contributed by atoms with E-state index in [2.05, 4.69) is 0 Å². The van der Waals surface area contributed by atoms with Gasteiger partial charge < -0.3 is 9.64 Å². The number of anilines is 1. The van der Waals surface area contributed by atoms with Crippen LogP contribution in [-0.2, 0) is 9.53 Å². The molecular formula is C18H24N2O3S. The van der Waals surface area contributed by atoms with Gasteiger partial charge in [0.05, 0.1) is 6.61 Å². The van der Waals surface area contributed by atoms with Crippen LogP contribution < -0.4 is 4.90 Å². The Morgan fingerprint density at radius 3 is 2.46 bits per heavy atom. The predicted molar refractivity (Wildman–Crippen MR) is 98.1 cm³/mol. The second-order valence-electron chi connectivity index (χ2n) is 5.88. The number of carbonyl (C=O) groups excluding carboxylic acids is 2. The number of para-hydroxylation sites is 1. The van der Waals surface area contributed by atoms with Gasteiger partial charge in [0.15, 0.2) is 5.11 Å². The first-order valence-corrected chi connectivity index (χ1v) is 8.76. The van der Waals surface area contributed by atoms with Crippen LogP contribution in [0.3, 0.4) is 0 Å². The second-order valence-corrected chi connectivity index (χ2v) is 6.24. The number of rotatable bonds is 5. The molecule has 6 heteroatoms. The Kier molecular flexibility index (Phi) is 5.59. The number of hydrogen-bond donors (Lipinski definition) is 0. The van der Waals surface area contributed by atoms with E-state index in [1.165, 1.54) is 0 Å². The molecule has 1 saturated heterocycles. The fraction of sp³-hybridized carbons (Fsp3) is 0.500. The van der Waals surface area contributed by atoms with Gasteiger partial charge in [-0.25, -0.2) is 4.79 Å². The van der Waals surface area contributed by atoms with Crippen molar-refractivity contribution in [1.29, 1.82) is 0 Å². The number of aryl methyl sites for hydroxylation is 1. The van der Waals surface area contributed by atoms with Crippen LogP contribution in [0.2, 0.25) is 0 Å². The van der Waals surface area contributed by atoms with Crippen LogP contribution in [0.1, 0.15) is 45.6 Å². The number of ether oxygens (including phenoxy) is 1. The summed E-state index contributed by atoms with van der Waals surface area (Å²) in [5.41, 5.74) is 1.02. The van der Waals surface area contributed by atoms with Gasteiger partial charge in [0.1, 0.15) is 5.54 Å². The Labute approximate surface area is 148 Å². The van der Waals surface area contributed by atoms with E-state index in [1.54, 1.807) is 6.92 Å². The molecule has 0 aromatic heterocycles. The fourth-order valence-electron chi connectivity index (χ4n) is 3.29. The zero-order valence-electron chi connectivity index (χ0n) is 14.7. The molecule has 1 unspecified atom stereocenters. The number of benzene rings is 1. The van der Waals surface area contributed by atoms with Gasteiger partial charge in [-0.1, -0.05) is 38.5 Å². The highest BCUT2D eigenvalue weighted by Crippen LogP contribution is 2.40. The second kappa shape index (κ2) is 7.30. The van der Waals surface area contributed by atoms with Gasteiger partial charge in [-0.05, 0) is 50.5 Å². The Balaban J connectivity index is 2.60. The molecule has 0 saturated carbocycles. The molecule has 0 bridgehead atoms. The van der Waals surface area contributed by atoms with Crippen molar-refractivity contribution in [2.45, 2.75) is 52.5 Å². The number of amides is 2. The van der Waals surface area contributed by atoms with Crippen molar-refractivity contribution in [3.8, 4) is 0 Å². The van der Waals surface area contributed by atoms with Crippen molar-refractivity contribution in [3.63, 3.8) is 0 Å². The summed E-state index contributed by atoms with van der Waals surface area (Å²) in [5, 5.41) is 0.197. The summed E-state index contributed by atoms with van der Waals surface area (Å²) in [6, 6.07) is 7.76. The van der Waals surface area contributed by atoms with Crippen molar-refractivity contribution in [3.05, 3.63) is 29.8 Å². The Bertz CT molecular complexity index is 661. The lowest BCUT2D eigenvalue weighted by molar-refractivity contribution is -0.129. The molecule has 1 aromatic carbocycles. The van der Waals surface area contributed by atoms with E-state index in [-0.39, 0.29) is 17.6 Å². The van der Waals surface area contributed by atoms with Gasteiger partial charge in [-0.15, -0.1) is 0 Å². The van der Waals surface area contributed by atoms with Gasteiger partial charge in [0.2, 0.25) is 0 Å². The monoisotopic (exact) mass is 348 g/mol. The maximum atomic E-state index is 13.2. The summed E-state index contributed by atoms with van der Waals surface area (Å²) in [6.07, 6.45) is 1.29. The quantitative estimate of drug-likeness (QED) is 0.752. The maximum Gasteiger partial charge on any atom is 0.423 e. The molecule has 5 nitrogen and oxygen atoms in total. The molecule has 1 aliphatic heterocycles. The van der Waals surface area contributed by atoms with Crippen molar-refractivity contribution in [2.75, 3.05) is 11.5 Å². The third-order valence-corrected chi connectivity index (χ3v) is 4.83. The summed E-state index contributed by atoms with van der Waals surface area (Å²) in [5.74, 6) is -0.293. The summed E-state index contributed by atoms with van der Waals surface area (Å²) >= 11 is 5.53. The number of carbonyl (C=O) groups is 2. The lowest BCUT2D eigenvalue weighted by Gasteiger charge is -2.36. The summed E-state index contributed by atoms with van der Waals surface area (Å²) < 4.78 is 5.05. The van der Waals surface area contributed by atoms with E-state index < -0.39 is 11.6 Å². The molecular weight excluding hydrogens is 324 g/mol. The van der Waals surface area contributed by atoms with Gasteiger partial charge >= 0.3 is 6.09 Å². The molecule has 0 N–H and O–H groups in total. The molecule has 1 heterocycles. The van der Waals surface area contributed by atoms with Gasteiger partial charge in [-0.3, -0.25) is 4.79 Å². The Morgan fingerprint density at radius 1 is 1.25 bits per heavy atom. The van der Waals surface area contributed by atoms with Crippen LogP contribution in [0.4, 0.5) is 10.5 Å². The zero-order valence-corrected chi connectivity index (χ0v) is 15.5. The molecule has 0 spiro atoms. The lowest BCUT2D eigenvalue weighted by atomic mass is 9.88. The standard InChI is InChI=1S/C18H24N2O3S/c1-5-12-18(6-2)15(21)19(17(22)23-7-3)16(24)20(18)14-11-9-8-10-13(14)4/h8-11H,5-7,12H2,1-4H3. The average molecular weight is 348 g/mol. The number of hydrogen-bond acceptors (Lipinski definition) is 4. The van der Waals surface area contributed by atoms with Gasteiger partial charge in [0.25, 0.3) is 5.91 Å². The minimum atomic E-state index is -0.843. The highest BCUT2D eigenvalue weighted by atomic mass is 32.1. The molecule has 0 radical (unpaired) electrons. The molecule has 1 aliphatic rings. The van der Waals surface area contributed by atoms with Crippen LogP contribution >= 0.6 is 12.2 Å². The normalized spacial score (nSPS) is 20.7. The van der Waals surface area contributed by atoms with Crippen molar-refractivity contribution >= 4 is 35.0 Å². The highest BCUT2D eigenvalue weighted by Gasteiger charge is 2.57. The highest BCUT2D eigenvalue weighted by molar-refractivity contribution is 7.80. The zero-order chi connectivity index (χ0) is 17.9.